The quantitative estimate of drug-likeness (QED) is 0.532. The lowest BCUT2D eigenvalue weighted by molar-refractivity contribution is -0.116. The second-order valence-electron chi connectivity index (χ2n) is 6.11. The summed E-state index contributed by atoms with van der Waals surface area (Å²) in [4.78, 5) is 21.3. The maximum atomic E-state index is 12.3. The zero-order chi connectivity index (χ0) is 19.3. The Morgan fingerprint density at radius 1 is 1.11 bits per heavy atom. The second-order valence-corrected chi connectivity index (χ2v) is 6.97. The summed E-state index contributed by atoms with van der Waals surface area (Å²) in [6.07, 6.45) is 3.48. The summed E-state index contributed by atoms with van der Waals surface area (Å²) in [7, 11) is 1.61. The van der Waals surface area contributed by atoms with E-state index in [1.165, 1.54) is 11.3 Å². The number of aromatic nitrogens is 3. The smallest absolute Gasteiger partial charge is 0.244 e. The van der Waals surface area contributed by atoms with Crippen LogP contribution < -0.4 is 10.1 Å². The summed E-state index contributed by atoms with van der Waals surface area (Å²) >= 11 is 1.54. The fourth-order valence-electron chi connectivity index (χ4n) is 2.73. The highest BCUT2D eigenvalue weighted by molar-refractivity contribution is 7.13. The van der Waals surface area contributed by atoms with Crippen molar-refractivity contribution in [3.05, 3.63) is 72.5 Å². The van der Waals surface area contributed by atoms with Gasteiger partial charge in [0.15, 0.2) is 0 Å². The number of nitrogens with one attached hydrogen (secondary N) is 1. The number of hydrogen-bond acceptors (Lipinski definition) is 5. The van der Waals surface area contributed by atoms with Crippen LogP contribution in [0.4, 0.5) is 5.69 Å². The van der Waals surface area contributed by atoms with Crippen LogP contribution in [0.25, 0.3) is 22.0 Å². The van der Waals surface area contributed by atoms with E-state index >= 15 is 0 Å². The number of carbonyl (C=O) groups is 1. The van der Waals surface area contributed by atoms with Gasteiger partial charge in [0.25, 0.3) is 0 Å². The Morgan fingerprint density at radius 3 is 2.64 bits per heavy atom. The van der Waals surface area contributed by atoms with Crippen molar-refractivity contribution in [2.75, 3.05) is 12.4 Å². The number of thiazole rings is 1. The Balaban J connectivity index is 1.41. The molecule has 4 aromatic rings. The van der Waals surface area contributed by atoms with E-state index < -0.39 is 0 Å². The van der Waals surface area contributed by atoms with Crippen molar-refractivity contribution in [1.82, 2.24) is 14.5 Å². The average molecular weight is 390 g/mol. The van der Waals surface area contributed by atoms with Crippen molar-refractivity contribution in [3.8, 4) is 27.7 Å². The number of rotatable bonds is 6. The molecule has 0 atom stereocenters. The van der Waals surface area contributed by atoms with Gasteiger partial charge in [-0.05, 0) is 24.3 Å². The van der Waals surface area contributed by atoms with E-state index in [0.717, 1.165) is 33.4 Å². The molecule has 0 aliphatic carbocycles. The molecule has 28 heavy (non-hydrogen) atoms. The molecule has 0 bridgehead atoms. The van der Waals surface area contributed by atoms with E-state index in [4.69, 9.17) is 4.74 Å². The molecule has 4 rings (SSSR count). The number of ether oxygens (including phenoxy) is 1. The standard InChI is InChI=1S/C21H18N4O2S/c1-27-17-9-7-16(8-10-17)23-20(26)12-25-11-18(22-14-25)21-24-19(13-28-21)15-5-3-2-4-6-15/h2-11,13-14H,12H2,1H3,(H,23,26). The van der Waals surface area contributed by atoms with E-state index in [-0.39, 0.29) is 12.5 Å². The van der Waals surface area contributed by atoms with Crippen molar-refractivity contribution in [3.63, 3.8) is 0 Å². The third-order valence-corrected chi connectivity index (χ3v) is 4.99. The van der Waals surface area contributed by atoms with Crippen LogP contribution >= 0.6 is 11.3 Å². The second kappa shape index (κ2) is 8.06. The summed E-state index contributed by atoms with van der Waals surface area (Å²) in [5.41, 5.74) is 3.47. The first kappa shape index (κ1) is 17.9. The molecular weight excluding hydrogens is 372 g/mol. The molecule has 0 spiro atoms. The Morgan fingerprint density at radius 2 is 1.89 bits per heavy atom. The van der Waals surface area contributed by atoms with Gasteiger partial charge in [-0.25, -0.2) is 9.97 Å². The van der Waals surface area contributed by atoms with Gasteiger partial charge in [-0.3, -0.25) is 4.79 Å². The maximum absolute atomic E-state index is 12.3. The van der Waals surface area contributed by atoms with Crippen LogP contribution in [-0.4, -0.2) is 27.6 Å². The highest BCUT2D eigenvalue weighted by Gasteiger charge is 2.11. The lowest BCUT2D eigenvalue weighted by Crippen LogP contribution is -2.17. The average Bonchev–Trinajstić information content (AvgIpc) is 3.39. The van der Waals surface area contributed by atoms with Gasteiger partial charge >= 0.3 is 0 Å². The van der Waals surface area contributed by atoms with Gasteiger partial charge in [0.1, 0.15) is 23.0 Å². The van der Waals surface area contributed by atoms with Crippen molar-refractivity contribution in [2.45, 2.75) is 6.54 Å². The Kier molecular flexibility index (Phi) is 5.16. The van der Waals surface area contributed by atoms with Crippen molar-refractivity contribution >= 4 is 22.9 Å². The van der Waals surface area contributed by atoms with Gasteiger partial charge < -0.3 is 14.6 Å². The summed E-state index contributed by atoms with van der Waals surface area (Å²) in [5.74, 6) is 0.619. The highest BCUT2D eigenvalue weighted by atomic mass is 32.1. The molecule has 1 N–H and O–H groups in total. The van der Waals surface area contributed by atoms with Crippen LogP contribution in [0, 0.1) is 0 Å². The number of amides is 1. The van der Waals surface area contributed by atoms with Gasteiger partial charge in [-0.1, -0.05) is 30.3 Å². The first-order chi connectivity index (χ1) is 13.7. The number of anilines is 1. The first-order valence-electron chi connectivity index (χ1n) is 8.68. The summed E-state index contributed by atoms with van der Waals surface area (Å²) in [5, 5.41) is 5.70. The molecule has 2 aromatic heterocycles. The van der Waals surface area contributed by atoms with Crippen LogP contribution in [0.5, 0.6) is 5.75 Å². The van der Waals surface area contributed by atoms with Crippen molar-refractivity contribution in [2.24, 2.45) is 0 Å². The molecule has 0 aliphatic rings. The minimum Gasteiger partial charge on any atom is -0.497 e. The lowest BCUT2D eigenvalue weighted by Gasteiger charge is -2.06. The molecule has 0 saturated carbocycles. The predicted octanol–water partition coefficient (Wildman–Crippen LogP) is 4.32. The van der Waals surface area contributed by atoms with E-state index in [1.807, 2.05) is 41.9 Å². The van der Waals surface area contributed by atoms with Crippen molar-refractivity contribution < 1.29 is 9.53 Å². The van der Waals surface area contributed by atoms with Crippen LogP contribution in [0.1, 0.15) is 0 Å². The van der Waals surface area contributed by atoms with Crippen molar-refractivity contribution in [1.29, 1.82) is 0 Å². The molecule has 6 nitrogen and oxygen atoms in total. The molecule has 1 amide bonds. The molecule has 2 heterocycles. The molecular formula is C21H18N4O2S. The monoisotopic (exact) mass is 390 g/mol. The zero-order valence-corrected chi connectivity index (χ0v) is 16.0. The fourth-order valence-corrected chi connectivity index (χ4v) is 3.52. The van der Waals surface area contributed by atoms with Crippen LogP contribution in [0.2, 0.25) is 0 Å². The third kappa shape index (κ3) is 4.10. The van der Waals surface area contributed by atoms with Gasteiger partial charge in [0.05, 0.1) is 19.1 Å². The number of carbonyl (C=O) groups excluding carboxylic acids is 1. The van der Waals surface area contributed by atoms with Gasteiger partial charge in [-0.2, -0.15) is 0 Å². The third-order valence-electron chi connectivity index (χ3n) is 4.13. The summed E-state index contributed by atoms with van der Waals surface area (Å²) in [6, 6.07) is 17.2. The number of hydrogen-bond donors (Lipinski definition) is 1. The fraction of sp³-hybridized carbons (Fsp3) is 0.0952. The van der Waals surface area contributed by atoms with Crippen LogP contribution in [0.3, 0.4) is 0 Å². The maximum Gasteiger partial charge on any atom is 0.244 e. The number of benzene rings is 2. The molecule has 140 valence electrons. The van der Waals surface area contributed by atoms with E-state index in [9.17, 15) is 4.79 Å². The Labute approximate surface area is 166 Å². The number of nitrogens with zero attached hydrogens (tertiary/aromatic N) is 3. The number of imidazole rings is 1. The Hall–Kier alpha value is -3.45. The summed E-state index contributed by atoms with van der Waals surface area (Å²) < 4.78 is 6.86. The molecule has 0 fully saturated rings. The predicted molar refractivity (Wildman–Crippen MR) is 110 cm³/mol. The van der Waals surface area contributed by atoms with Crippen LogP contribution in [0.15, 0.2) is 72.5 Å². The highest BCUT2D eigenvalue weighted by Crippen LogP contribution is 2.27. The molecule has 0 aliphatic heterocycles. The molecule has 0 saturated heterocycles. The molecule has 0 unspecified atom stereocenters. The zero-order valence-electron chi connectivity index (χ0n) is 15.2. The first-order valence-corrected chi connectivity index (χ1v) is 9.56. The normalized spacial score (nSPS) is 10.6. The number of methoxy groups -OCH3 is 1. The SMILES string of the molecule is COc1ccc(NC(=O)Cn2cnc(-c3nc(-c4ccccc4)cs3)c2)cc1. The largest absolute Gasteiger partial charge is 0.497 e. The minimum atomic E-state index is -0.127. The van der Waals surface area contributed by atoms with E-state index in [1.54, 1.807) is 42.3 Å². The summed E-state index contributed by atoms with van der Waals surface area (Å²) in [6.45, 7) is 0.177. The molecule has 2 aromatic carbocycles. The van der Waals surface area contributed by atoms with Gasteiger partial charge in [0.2, 0.25) is 5.91 Å². The minimum absolute atomic E-state index is 0.127. The topological polar surface area (TPSA) is 69.0 Å². The van der Waals surface area contributed by atoms with E-state index in [0.29, 0.717) is 0 Å². The molecule has 0 radical (unpaired) electrons. The van der Waals surface area contributed by atoms with Gasteiger partial charge in [0, 0.05) is 22.8 Å². The molecule has 7 heteroatoms. The van der Waals surface area contributed by atoms with Crippen LogP contribution in [-0.2, 0) is 11.3 Å². The van der Waals surface area contributed by atoms with E-state index in [2.05, 4.69) is 15.3 Å². The Bertz CT molecular complexity index is 1070. The lowest BCUT2D eigenvalue weighted by atomic mass is 10.2. The van der Waals surface area contributed by atoms with Gasteiger partial charge in [-0.15, -0.1) is 11.3 Å².